The van der Waals surface area contributed by atoms with Gasteiger partial charge in [-0.25, -0.2) is 0 Å². The lowest BCUT2D eigenvalue weighted by Gasteiger charge is -2.64. The lowest BCUT2D eigenvalue weighted by atomic mass is 9.43. The highest BCUT2D eigenvalue weighted by Crippen LogP contribution is 2.73. The molecule has 0 spiro atoms. The van der Waals surface area contributed by atoms with E-state index in [-0.39, 0.29) is 10.8 Å². The fraction of sp³-hybridized carbons (Fsp3) is 1.00. The maximum Gasteiger partial charge on any atom is 0.229 e. The van der Waals surface area contributed by atoms with Crippen molar-refractivity contribution in [1.82, 2.24) is 0 Å². The smallest absolute Gasteiger partial charge is 0.229 e. The predicted octanol–water partition coefficient (Wildman–Crippen LogP) is 3.63. The number of fused-ring (bicyclic) bond motifs is 5. The molecule has 28 heavy (non-hydrogen) atoms. The summed E-state index contributed by atoms with van der Waals surface area (Å²) >= 11 is 0. The van der Waals surface area contributed by atoms with Gasteiger partial charge in [0.25, 0.3) is 0 Å². The molecule has 6 aliphatic rings. The summed E-state index contributed by atoms with van der Waals surface area (Å²) in [6, 6.07) is 0. The predicted molar refractivity (Wildman–Crippen MR) is 102 cm³/mol. The van der Waals surface area contributed by atoms with E-state index in [2.05, 4.69) is 13.8 Å². The van der Waals surface area contributed by atoms with E-state index in [9.17, 15) is 5.11 Å². The van der Waals surface area contributed by atoms with Crippen LogP contribution in [-0.4, -0.2) is 48.7 Å². The van der Waals surface area contributed by atoms with Crippen molar-refractivity contribution in [3.63, 3.8) is 0 Å². The first-order valence-corrected chi connectivity index (χ1v) is 11.7. The number of ether oxygens (including phenoxy) is 4. The van der Waals surface area contributed by atoms with Crippen LogP contribution in [0.4, 0.5) is 0 Å². The van der Waals surface area contributed by atoms with Gasteiger partial charge in [-0.2, -0.15) is 0 Å². The monoisotopic (exact) mass is 392 g/mol. The first-order chi connectivity index (χ1) is 13.4. The van der Waals surface area contributed by atoms with Crippen LogP contribution in [0.25, 0.3) is 0 Å². The molecule has 0 aromatic heterocycles. The standard InChI is InChI=1S/C23H36O5/c1-19-7-3-4-8-21(19,24)10-5-16-17(19)6-9-20(2)18(16)15-22-23(20,27-13-11-25-22)28-14-12-26-22/h16-18,24H,3-15H2,1-2H3/t16-,17+,18+,19-,20+,21+,22?,23?/m1/s1. The first kappa shape index (κ1) is 18.6. The van der Waals surface area contributed by atoms with Crippen molar-refractivity contribution in [1.29, 1.82) is 0 Å². The summed E-state index contributed by atoms with van der Waals surface area (Å²) in [6.45, 7) is 7.11. The van der Waals surface area contributed by atoms with E-state index >= 15 is 0 Å². The maximum absolute atomic E-state index is 11.6. The zero-order valence-electron chi connectivity index (χ0n) is 17.5. The van der Waals surface area contributed by atoms with Crippen molar-refractivity contribution in [2.24, 2.45) is 28.6 Å². The summed E-state index contributed by atoms with van der Waals surface area (Å²) < 4.78 is 25.6. The molecule has 1 N–H and O–H groups in total. The van der Waals surface area contributed by atoms with Gasteiger partial charge in [0.1, 0.15) is 0 Å². The Morgan fingerprint density at radius 1 is 0.714 bits per heavy atom. The molecule has 2 aliphatic heterocycles. The fourth-order valence-corrected chi connectivity index (χ4v) is 8.94. The van der Waals surface area contributed by atoms with Crippen LogP contribution < -0.4 is 0 Å². The molecule has 5 nitrogen and oxygen atoms in total. The van der Waals surface area contributed by atoms with Crippen LogP contribution in [0.5, 0.6) is 0 Å². The molecule has 0 bridgehead atoms. The first-order valence-electron chi connectivity index (χ1n) is 11.7. The second-order valence-corrected chi connectivity index (χ2v) is 11.0. The van der Waals surface area contributed by atoms with Gasteiger partial charge in [0, 0.05) is 11.8 Å². The highest BCUT2D eigenvalue weighted by atomic mass is 16.8. The Morgan fingerprint density at radius 3 is 2.14 bits per heavy atom. The van der Waals surface area contributed by atoms with Gasteiger partial charge in [-0.1, -0.05) is 26.7 Å². The second kappa shape index (κ2) is 5.73. The van der Waals surface area contributed by atoms with E-state index < -0.39 is 17.2 Å². The number of hydrogen-bond acceptors (Lipinski definition) is 5. The maximum atomic E-state index is 11.6. The van der Waals surface area contributed by atoms with E-state index in [1.807, 2.05) is 0 Å². The van der Waals surface area contributed by atoms with Crippen molar-refractivity contribution < 1.29 is 24.1 Å². The molecule has 0 aromatic carbocycles. The van der Waals surface area contributed by atoms with Gasteiger partial charge < -0.3 is 24.1 Å². The Hall–Kier alpha value is -0.200. The molecule has 158 valence electrons. The van der Waals surface area contributed by atoms with Crippen molar-refractivity contribution >= 4 is 0 Å². The lowest BCUT2D eigenvalue weighted by molar-refractivity contribution is -0.474. The van der Waals surface area contributed by atoms with Gasteiger partial charge in [-0.05, 0) is 61.7 Å². The fourth-order valence-electron chi connectivity index (χ4n) is 8.94. The highest BCUT2D eigenvalue weighted by Gasteiger charge is 2.79. The molecule has 2 saturated heterocycles. The van der Waals surface area contributed by atoms with Crippen molar-refractivity contribution in [3.05, 3.63) is 0 Å². The van der Waals surface area contributed by atoms with Crippen molar-refractivity contribution in [2.45, 2.75) is 88.8 Å². The number of rotatable bonds is 0. The zero-order valence-corrected chi connectivity index (χ0v) is 17.5. The van der Waals surface area contributed by atoms with Crippen LogP contribution in [0, 0.1) is 28.6 Å². The summed E-state index contributed by atoms with van der Waals surface area (Å²) in [7, 11) is 0. The van der Waals surface area contributed by atoms with Crippen molar-refractivity contribution in [2.75, 3.05) is 26.4 Å². The molecule has 2 heterocycles. The largest absolute Gasteiger partial charge is 0.389 e. The molecule has 6 rings (SSSR count). The topological polar surface area (TPSA) is 57.2 Å². The SMILES string of the molecule is C[C@]12CC[C@H]3[C@@H](CC[C@@]4(O)CCCC[C@]34C)[C@@H]1CC13OCCOC12OCCO3. The third-order valence-electron chi connectivity index (χ3n) is 10.3. The van der Waals surface area contributed by atoms with E-state index in [1.54, 1.807) is 0 Å². The zero-order chi connectivity index (χ0) is 19.3. The minimum atomic E-state index is -0.757. The number of hydrogen-bond donors (Lipinski definition) is 1. The molecular formula is C23H36O5. The Labute approximate surface area is 168 Å². The normalized spacial score (nSPS) is 60.8. The summed E-state index contributed by atoms with van der Waals surface area (Å²) in [5, 5.41) is 11.6. The molecule has 0 unspecified atom stereocenters. The minimum Gasteiger partial charge on any atom is -0.389 e. The Morgan fingerprint density at radius 2 is 1.39 bits per heavy atom. The molecule has 0 radical (unpaired) electrons. The Bertz CT molecular complexity index is 653. The van der Waals surface area contributed by atoms with Crippen LogP contribution in [0.3, 0.4) is 0 Å². The summed E-state index contributed by atoms with van der Waals surface area (Å²) in [5.41, 5.74) is -0.502. The third kappa shape index (κ3) is 1.92. The van der Waals surface area contributed by atoms with E-state index in [4.69, 9.17) is 18.9 Å². The van der Waals surface area contributed by atoms with E-state index in [0.29, 0.717) is 44.2 Å². The molecule has 0 amide bonds. The van der Waals surface area contributed by atoms with Gasteiger partial charge in [0.2, 0.25) is 11.6 Å². The highest BCUT2D eigenvalue weighted by molar-refractivity contribution is 5.20. The minimum absolute atomic E-state index is 0.0488. The second-order valence-electron chi connectivity index (χ2n) is 11.0. The molecule has 6 atom stereocenters. The van der Waals surface area contributed by atoms with Crippen LogP contribution in [0.1, 0.15) is 71.6 Å². The van der Waals surface area contributed by atoms with Crippen LogP contribution >= 0.6 is 0 Å². The summed E-state index contributed by atoms with van der Waals surface area (Å²) in [5.74, 6) is 0.149. The van der Waals surface area contributed by atoms with Gasteiger partial charge in [0.15, 0.2) is 0 Å². The molecule has 5 heteroatoms. The van der Waals surface area contributed by atoms with Crippen molar-refractivity contribution in [3.8, 4) is 0 Å². The van der Waals surface area contributed by atoms with Crippen LogP contribution in [-0.2, 0) is 18.9 Å². The average molecular weight is 393 g/mol. The quantitative estimate of drug-likeness (QED) is 0.682. The van der Waals surface area contributed by atoms with Gasteiger partial charge in [0.05, 0.1) is 32.0 Å². The molecule has 6 fully saturated rings. The molecule has 0 aromatic rings. The van der Waals surface area contributed by atoms with Crippen LogP contribution in [0.15, 0.2) is 0 Å². The number of aliphatic hydroxyl groups is 1. The molecular weight excluding hydrogens is 356 g/mol. The summed E-state index contributed by atoms with van der Waals surface area (Å²) in [4.78, 5) is 0. The van der Waals surface area contributed by atoms with Gasteiger partial charge in [-0.3, -0.25) is 0 Å². The molecule has 4 saturated carbocycles. The van der Waals surface area contributed by atoms with Gasteiger partial charge in [-0.15, -0.1) is 0 Å². The molecule has 4 aliphatic carbocycles. The van der Waals surface area contributed by atoms with Gasteiger partial charge >= 0.3 is 0 Å². The van der Waals surface area contributed by atoms with Crippen LogP contribution in [0.2, 0.25) is 0 Å². The van der Waals surface area contributed by atoms with E-state index in [1.165, 1.54) is 19.3 Å². The Balaban J connectivity index is 1.41. The lowest BCUT2D eigenvalue weighted by Crippen LogP contribution is -2.70. The third-order valence-corrected chi connectivity index (χ3v) is 10.3. The van der Waals surface area contributed by atoms with E-state index in [0.717, 1.165) is 38.5 Å². The average Bonchev–Trinajstić information content (AvgIpc) is 2.95. The Kier molecular flexibility index (Phi) is 3.80. The summed E-state index contributed by atoms with van der Waals surface area (Å²) in [6.07, 6.45) is 9.75.